The molecular weight excluding hydrogens is 350 g/mol. The van der Waals surface area contributed by atoms with E-state index in [-0.39, 0.29) is 6.10 Å². The number of benzene rings is 1. The molecule has 0 aromatic heterocycles. The average molecular weight is 382 g/mol. The molecule has 0 saturated carbocycles. The van der Waals surface area contributed by atoms with Crippen molar-refractivity contribution in [3.05, 3.63) is 30.3 Å². The Morgan fingerprint density at radius 3 is 2.23 bits per heavy atom. The smallest absolute Gasteiger partial charge is 0.334 e. The van der Waals surface area contributed by atoms with E-state index in [1.807, 2.05) is 6.07 Å². The molecule has 5 heteroatoms. The van der Waals surface area contributed by atoms with E-state index in [1.165, 1.54) is 19.3 Å². The zero-order valence-electron chi connectivity index (χ0n) is 16.0. The van der Waals surface area contributed by atoms with Crippen LogP contribution in [0.4, 0.5) is 5.69 Å². The fraction of sp³-hybridized carbons (Fsp3) is 0.619. The molecule has 146 valence electrons. The van der Waals surface area contributed by atoms with E-state index in [1.54, 1.807) is 24.3 Å². The van der Waals surface area contributed by atoms with Gasteiger partial charge < -0.3 is 10.1 Å². The van der Waals surface area contributed by atoms with E-state index in [9.17, 15) is 9.59 Å². The number of para-hydroxylation sites is 1. The van der Waals surface area contributed by atoms with Crippen molar-refractivity contribution in [2.75, 3.05) is 5.32 Å². The third-order valence-electron chi connectivity index (χ3n) is 4.27. The number of esters is 1. The predicted molar refractivity (Wildman–Crippen MR) is 107 cm³/mol. The van der Waals surface area contributed by atoms with Crippen LogP contribution < -0.4 is 5.32 Å². The zero-order chi connectivity index (χ0) is 19.2. The van der Waals surface area contributed by atoms with E-state index in [0.717, 1.165) is 38.5 Å². The van der Waals surface area contributed by atoms with Gasteiger partial charge in [0.15, 0.2) is 0 Å². The van der Waals surface area contributed by atoms with Gasteiger partial charge in [0.05, 0.1) is 0 Å². The van der Waals surface area contributed by atoms with E-state index in [4.69, 9.17) is 16.3 Å². The summed E-state index contributed by atoms with van der Waals surface area (Å²) in [7, 11) is 0. The molecule has 1 N–H and O–H groups in total. The van der Waals surface area contributed by atoms with Crippen LogP contribution in [-0.4, -0.2) is 23.4 Å². The maximum absolute atomic E-state index is 12.3. The number of carbonyl (C=O) groups excluding carboxylic acids is 2. The Balaban J connectivity index is 2.47. The van der Waals surface area contributed by atoms with Crippen LogP contribution >= 0.6 is 11.6 Å². The van der Waals surface area contributed by atoms with Crippen LogP contribution in [0.3, 0.4) is 0 Å². The summed E-state index contributed by atoms with van der Waals surface area (Å²) in [5, 5.41) is 1.30. The molecule has 4 nitrogen and oxygen atoms in total. The number of anilines is 1. The Kier molecular flexibility index (Phi) is 11.8. The lowest BCUT2D eigenvalue weighted by atomic mass is 10.0. The number of carbonyl (C=O) groups is 2. The average Bonchev–Trinajstić information content (AvgIpc) is 2.65. The Morgan fingerprint density at radius 1 is 0.962 bits per heavy atom. The molecule has 0 saturated heterocycles. The lowest BCUT2D eigenvalue weighted by molar-refractivity contribution is -0.150. The van der Waals surface area contributed by atoms with Crippen molar-refractivity contribution in [2.45, 2.75) is 83.1 Å². The summed E-state index contributed by atoms with van der Waals surface area (Å²) in [4.78, 5) is 24.4. The van der Waals surface area contributed by atoms with E-state index in [0.29, 0.717) is 5.69 Å². The Hall–Kier alpha value is -1.55. The molecule has 0 aliphatic carbocycles. The molecule has 0 aliphatic heterocycles. The highest BCUT2D eigenvalue weighted by Gasteiger charge is 2.28. The largest absolute Gasteiger partial charge is 0.461 e. The number of hydrogen-bond acceptors (Lipinski definition) is 3. The first kappa shape index (κ1) is 22.5. The lowest BCUT2D eigenvalue weighted by Gasteiger charge is -2.19. The van der Waals surface area contributed by atoms with Crippen molar-refractivity contribution < 1.29 is 14.3 Å². The number of rotatable bonds is 13. The van der Waals surface area contributed by atoms with Crippen LogP contribution in [-0.2, 0) is 14.3 Å². The molecule has 0 spiro atoms. The van der Waals surface area contributed by atoms with Crippen LogP contribution in [0.5, 0.6) is 0 Å². The van der Waals surface area contributed by atoms with Crippen LogP contribution in [0, 0.1) is 0 Å². The number of ether oxygens (including phenoxy) is 1. The molecule has 0 radical (unpaired) electrons. The monoisotopic (exact) mass is 381 g/mol. The molecule has 2 atom stereocenters. The third-order valence-corrected chi connectivity index (χ3v) is 4.65. The van der Waals surface area contributed by atoms with Crippen molar-refractivity contribution in [2.24, 2.45) is 0 Å². The fourth-order valence-corrected chi connectivity index (χ4v) is 2.83. The maximum atomic E-state index is 12.3. The van der Waals surface area contributed by atoms with Crippen molar-refractivity contribution in [3.63, 3.8) is 0 Å². The Labute approximate surface area is 162 Å². The minimum atomic E-state index is -1.33. The molecule has 1 aromatic rings. The van der Waals surface area contributed by atoms with Crippen LogP contribution in [0.15, 0.2) is 30.3 Å². The standard InChI is InChI=1S/C21H32ClNO3/c1-3-5-7-8-12-16-18(15-6-4-2)26-21(25)19(22)20(24)23-17-13-10-9-11-14-17/h9-11,13-14,18-19H,3-8,12,15-16H2,1-2H3,(H,23,24). The number of hydrogen-bond donors (Lipinski definition) is 1. The Morgan fingerprint density at radius 2 is 1.58 bits per heavy atom. The van der Waals surface area contributed by atoms with Gasteiger partial charge in [-0.2, -0.15) is 0 Å². The second-order valence-electron chi connectivity index (χ2n) is 6.62. The van der Waals surface area contributed by atoms with E-state index < -0.39 is 17.3 Å². The molecule has 1 rings (SSSR count). The van der Waals surface area contributed by atoms with Gasteiger partial charge in [-0.3, -0.25) is 4.79 Å². The lowest BCUT2D eigenvalue weighted by Crippen LogP contribution is -2.34. The zero-order valence-corrected chi connectivity index (χ0v) is 16.8. The first-order chi connectivity index (χ1) is 12.6. The summed E-state index contributed by atoms with van der Waals surface area (Å²) in [5.41, 5.74) is 0.606. The first-order valence-electron chi connectivity index (χ1n) is 9.79. The maximum Gasteiger partial charge on any atom is 0.334 e. The number of unbranched alkanes of at least 4 members (excludes halogenated alkanes) is 5. The molecule has 0 aliphatic rings. The first-order valence-corrected chi connectivity index (χ1v) is 10.2. The molecular formula is C21H32ClNO3. The molecule has 0 heterocycles. The minimum absolute atomic E-state index is 0.158. The summed E-state index contributed by atoms with van der Waals surface area (Å²) in [6, 6.07) is 8.94. The quantitative estimate of drug-likeness (QED) is 0.206. The van der Waals surface area contributed by atoms with Crippen LogP contribution in [0.25, 0.3) is 0 Å². The summed E-state index contributed by atoms with van der Waals surface area (Å²) in [5.74, 6) is -1.21. The third kappa shape index (κ3) is 9.23. The van der Waals surface area contributed by atoms with Crippen LogP contribution in [0.1, 0.15) is 71.6 Å². The van der Waals surface area contributed by atoms with Crippen LogP contribution in [0.2, 0.25) is 0 Å². The van der Waals surface area contributed by atoms with Gasteiger partial charge in [-0.1, -0.05) is 82.2 Å². The van der Waals surface area contributed by atoms with Crippen molar-refractivity contribution >= 4 is 29.2 Å². The fourth-order valence-electron chi connectivity index (χ4n) is 2.73. The molecule has 2 unspecified atom stereocenters. The summed E-state index contributed by atoms with van der Waals surface area (Å²) in [6.45, 7) is 4.30. The second-order valence-corrected chi connectivity index (χ2v) is 7.06. The van der Waals surface area contributed by atoms with Crippen molar-refractivity contribution in [1.82, 2.24) is 0 Å². The number of halogens is 1. The SMILES string of the molecule is CCCCCCCC(CCCC)OC(=O)C(Cl)C(=O)Nc1ccccc1. The van der Waals surface area contributed by atoms with Gasteiger partial charge in [0.2, 0.25) is 5.38 Å². The number of amides is 1. The normalized spacial score (nSPS) is 13.0. The summed E-state index contributed by atoms with van der Waals surface area (Å²) >= 11 is 6.03. The topological polar surface area (TPSA) is 55.4 Å². The van der Waals surface area contributed by atoms with Gasteiger partial charge in [0.25, 0.3) is 5.91 Å². The van der Waals surface area contributed by atoms with Gasteiger partial charge in [0.1, 0.15) is 6.10 Å². The van der Waals surface area contributed by atoms with E-state index in [2.05, 4.69) is 19.2 Å². The number of nitrogens with one attached hydrogen (secondary N) is 1. The van der Waals surface area contributed by atoms with Gasteiger partial charge in [-0.15, -0.1) is 0 Å². The molecule has 26 heavy (non-hydrogen) atoms. The highest BCUT2D eigenvalue weighted by Crippen LogP contribution is 2.17. The number of alkyl halides is 1. The highest BCUT2D eigenvalue weighted by molar-refractivity contribution is 6.42. The Bertz CT molecular complexity index is 521. The van der Waals surface area contributed by atoms with Crippen molar-refractivity contribution in [1.29, 1.82) is 0 Å². The predicted octanol–water partition coefficient (Wildman–Crippen LogP) is 5.70. The van der Waals surface area contributed by atoms with Gasteiger partial charge in [-0.25, -0.2) is 4.79 Å². The molecule has 1 amide bonds. The summed E-state index contributed by atoms with van der Waals surface area (Å²) in [6.07, 6.45) is 9.37. The van der Waals surface area contributed by atoms with Crippen molar-refractivity contribution in [3.8, 4) is 0 Å². The molecule has 0 fully saturated rings. The van der Waals surface area contributed by atoms with E-state index >= 15 is 0 Å². The van der Waals surface area contributed by atoms with Gasteiger partial charge in [-0.05, 0) is 31.4 Å². The van der Waals surface area contributed by atoms with Gasteiger partial charge >= 0.3 is 5.97 Å². The minimum Gasteiger partial charge on any atom is -0.461 e. The second kappa shape index (κ2) is 13.6. The molecule has 1 aromatic carbocycles. The van der Waals surface area contributed by atoms with Gasteiger partial charge in [0, 0.05) is 5.69 Å². The molecule has 0 bridgehead atoms. The highest BCUT2D eigenvalue weighted by atomic mass is 35.5. The summed E-state index contributed by atoms with van der Waals surface area (Å²) < 4.78 is 5.55.